The molecular formula is C16H21N3O7. The Kier molecular flexibility index (Phi) is 7.30. The first-order chi connectivity index (χ1) is 12.5. The van der Waals surface area contributed by atoms with Crippen LogP contribution in [-0.4, -0.2) is 70.0 Å². The maximum Gasteiger partial charge on any atom is 0.338 e. The van der Waals surface area contributed by atoms with Crippen molar-refractivity contribution >= 4 is 23.3 Å². The van der Waals surface area contributed by atoms with Gasteiger partial charge in [-0.1, -0.05) is 0 Å². The van der Waals surface area contributed by atoms with E-state index in [1.165, 1.54) is 19.2 Å². The summed E-state index contributed by atoms with van der Waals surface area (Å²) in [5.74, 6) is -1.28. The minimum atomic E-state index is -0.802. The molecule has 1 saturated heterocycles. The highest BCUT2D eigenvalue weighted by Gasteiger charge is 2.24. The molecule has 1 fully saturated rings. The number of ether oxygens (including phenoxy) is 3. The van der Waals surface area contributed by atoms with Gasteiger partial charge in [0, 0.05) is 32.8 Å². The van der Waals surface area contributed by atoms with Crippen molar-refractivity contribution in [3.63, 3.8) is 0 Å². The Bertz CT molecular complexity index is 659. The fourth-order valence-corrected chi connectivity index (χ4v) is 2.43. The first-order valence-corrected chi connectivity index (χ1v) is 8.07. The molecule has 26 heavy (non-hydrogen) atoms. The number of hydrogen-bond donors (Lipinski definition) is 1. The van der Waals surface area contributed by atoms with Gasteiger partial charge in [-0.3, -0.25) is 14.9 Å². The summed E-state index contributed by atoms with van der Waals surface area (Å²) in [5.41, 5.74) is 0.247. The van der Waals surface area contributed by atoms with Crippen LogP contribution < -0.4 is 10.2 Å². The second kappa shape index (κ2) is 9.68. The molecule has 0 aliphatic carbocycles. The van der Waals surface area contributed by atoms with Crippen LogP contribution in [0.25, 0.3) is 0 Å². The highest BCUT2D eigenvalue weighted by Crippen LogP contribution is 2.30. The molecule has 0 aromatic heterocycles. The summed E-state index contributed by atoms with van der Waals surface area (Å²) in [6.07, 6.45) is 0. The molecule has 0 radical (unpaired) electrons. The Morgan fingerprint density at radius 2 is 2.08 bits per heavy atom. The predicted octanol–water partition coefficient (Wildman–Crippen LogP) is 0.351. The minimum Gasteiger partial charge on any atom is -0.452 e. The summed E-state index contributed by atoms with van der Waals surface area (Å²) in [6.45, 7) is 2.21. The molecule has 2 rings (SSSR count). The van der Waals surface area contributed by atoms with Gasteiger partial charge in [0.1, 0.15) is 5.69 Å². The molecule has 0 saturated carbocycles. The number of carbonyl (C=O) groups excluding carboxylic acids is 2. The summed E-state index contributed by atoms with van der Waals surface area (Å²) in [6, 6.07) is 4.12. The van der Waals surface area contributed by atoms with E-state index >= 15 is 0 Å². The Morgan fingerprint density at radius 3 is 2.73 bits per heavy atom. The van der Waals surface area contributed by atoms with Gasteiger partial charge in [-0.25, -0.2) is 4.79 Å². The van der Waals surface area contributed by atoms with Crippen LogP contribution in [0.4, 0.5) is 11.4 Å². The molecule has 0 atom stereocenters. The number of nitro benzene ring substituents is 1. The quantitative estimate of drug-likeness (QED) is 0.302. The van der Waals surface area contributed by atoms with E-state index in [1.807, 2.05) is 4.90 Å². The van der Waals surface area contributed by atoms with E-state index in [1.54, 1.807) is 0 Å². The van der Waals surface area contributed by atoms with Crippen LogP contribution in [0, 0.1) is 10.1 Å². The number of nitro groups is 1. The van der Waals surface area contributed by atoms with Crippen molar-refractivity contribution in [2.45, 2.75) is 0 Å². The summed E-state index contributed by atoms with van der Waals surface area (Å²) in [5, 5.41) is 13.9. The number of anilines is 1. The van der Waals surface area contributed by atoms with Gasteiger partial charge in [0.15, 0.2) is 6.61 Å². The molecule has 0 bridgehead atoms. The summed E-state index contributed by atoms with van der Waals surface area (Å²) < 4.78 is 14.9. The van der Waals surface area contributed by atoms with E-state index in [9.17, 15) is 19.7 Å². The molecule has 1 aliphatic heterocycles. The van der Waals surface area contributed by atoms with E-state index in [2.05, 4.69) is 5.32 Å². The van der Waals surface area contributed by atoms with E-state index in [0.717, 1.165) is 6.07 Å². The first-order valence-electron chi connectivity index (χ1n) is 8.07. The summed E-state index contributed by atoms with van der Waals surface area (Å²) >= 11 is 0. The lowest BCUT2D eigenvalue weighted by Crippen LogP contribution is -2.36. The van der Waals surface area contributed by atoms with Crippen molar-refractivity contribution in [3.8, 4) is 0 Å². The van der Waals surface area contributed by atoms with E-state index in [0.29, 0.717) is 45.1 Å². The van der Waals surface area contributed by atoms with Crippen molar-refractivity contribution in [2.75, 3.05) is 58.1 Å². The van der Waals surface area contributed by atoms with Crippen LogP contribution in [0.3, 0.4) is 0 Å². The Hall–Kier alpha value is -2.72. The fourth-order valence-electron chi connectivity index (χ4n) is 2.43. The number of carbonyl (C=O) groups is 2. The van der Waals surface area contributed by atoms with Crippen LogP contribution in [0.5, 0.6) is 0 Å². The standard InChI is InChI=1S/C16H21N3O7/c1-24-7-4-17-15(20)11-26-16(21)12-2-3-13(14(10-12)19(22)23)18-5-8-25-9-6-18/h2-3,10H,4-9,11H2,1H3,(H,17,20). The molecule has 10 nitrogen and oxygen atoms in total. The summed E-state index contributed by atoms with van der Waals surface area (Å²) in [7, 11) is 1.50. The third-order valence-electron chi connectivity index (χ3n) is 3.72. The van der Waals surface area contributed by atoms with Gasteiger partial charge >= 0.3 is 5.97 Å². The van der Waals surface area contributed by atoms with Gasteiger partial charge in [0.2, 0.25) is 0 Å². The van der Waals surface area contributed by atoms with E-state index in [4.69, 9.17) is 14.2 Å². The summed E-state index contributed by atoms with van der Waals surface area (Å²) in [4.78, 5) is 36.2. The van der Waals surface area contributed by atoms with Crippen molar-refractivity contribution < 1.29 is 28.7 Å². The number of methoxy groups -OCH3 is 1. The fraction of sp³-hybridized carbons (Fsp3) is 0.500. The smallest absolute Gasteiger partial charge is 0.338 e. The molecule has 1 heterocycles. The van der Waals surface area contributed by atoms with E-state index < -0.39 is 23.4 Å². The van der Waals surface area contributed by atoms with Crippen LogP contribution in [0.15, 0.2) is 18.2 Å². The largest absolute Gasteiger partial charge is 0.452 e. The van der Waals surface area contributed by atoms with Gasteiger partial charge in [-0.15, -0.1) is 0 Å². The molecule has 1 aliphatic rings. The minimum absolute atomic E-state index is 0.0124. The molecule has 1 N–H and O–H groups in total. The van der Waals surface area contributed by atoms with Crippen molar-refractivity contribution in [1.82, 2.24) is 5.32 Å². The average Bonchev–Trinajstić information content (AvgIpc) is 2.66. The van der Waals surface area contributed by atoms with Gasteiger partial charge in [-0.05, 0) is 12.1 Å². The lowest BCUT2D eigenvalue weighted by molar-refractivity contribution is -0.384. The first kappa shape index (κ1) is 19.6. The monoisotopic (exact) mass is 367 g/mol. The number of morpholine rings is 1. The Morgan fingerprint density at radius 1 is 1.35 bits per heavy atom. The molecule has 10 heteroatoms. The van der Waals surface area contributed by atoms with Gasteiger partial charge in [0.25, 0.3) is 11.6 Å². The molecule has 0 unspecified atom stereocenters. The molecule has 1 amide bonds. The van der Waals surface area contributed by atoms with Crippen LogP contribution in [-0.2, 0) is 19.0 Å². The van der Waals surface area contributed by atoms with Crippen molar-refractivity contribution in [1.29, 1.82) is 0 Å². The van der Waals surface area contributed by atoms with E-state index in [-0.39, 0.29) is 11.3 Å². The molecule has 0 spiro atoms. The van der Waals surface area contributed by atoms with Gasteiger partial charge in [0.05, 0.1) is 30.3 Å². The normalized spacial score (nSPS) is 14.0. The number of amides is 1. The average molecular weight is 367 g/mol. The van der Waals surface area contributed by atoms with Crippen molar-refractivity contribution in [2.24, 2.45) is 0 Å². The number of esters is 1. The Labute approximate surface area is 150 Å². The lowest BCUT2D eigenvalue weighted by atomic mass is 10.1. The highest BCUT2D eigenvalue weighted by atomic mass is 16.6. The second-order valence-corrected chi connectivity index (χ2v) is 5.48. The third kappa shape index (κ3) is 5.39. The second-order valence-electron chi connectivity index (χ2n) is 5.48. The number of rotatable bonds is 8. The maximum atomic E-state index is 12.1. The number of nitrogens with zero attached hydrogens (tertiary/aromatic N) is 2. The lowest BCUT2D eigenvalue weighted by Gasteiger charge is -2.28. The SMILES string of the molecule is COCCNC(=O)COC(=O)c1ccc(N2CCOCC2)c([N+](=O)[O-])c1. The number of hydrogen-bond acceptors (Lipinski definition) is 8. The number of nitrogens with one attached hydrogen (secondary N) is 1. The predicted molar refractivity (Wildman–Crippen MR) is 91.3 cm³/mol. The van der Waals surface area contributed by atoms with Crippen LogP contribution in [0.2, 0.25) is 0 Å². The molecule has 1 aromatic rings. The Balaban J connectivity index is 2.02. The van der Waals surface area contributed by atoms with Gasteiger partial charge in [-0.2, -0.15) is 0 Å². The van der Waals surface area contributed by atoms with Crippen LogP contribution >= 0.6 is 0 Å². The van der Waals surface area contributed by atoms with Gasteiger partial charge < -0.3 is 24.4 Å². The zero-order valence-corrected chi connectivity index (χ0v) is 14.4. The third-order valence-corrected chi connectivity index (χ3v) is 3.72. The zero-order chi connectivity index (χ0) is 18.9. The molecule has 1 aromatic carbocycles. The van der Waals surface area contributed by atoms with Crippen molar-refractivity contribution in [3.05, 3.63) is 33.9 Å². The molecule has 142 valence electrons. The maximum absolute atomic E-state index is 12.1. The molecular weight excluding hydrogens is 346 g/mol. The van der Waals surface area contributed by atoms with Crippen LogP contribution in [0.1, 0.15) is 10.4 Å². The number of benzene rings is 1. The zero-order valence-electron chi connectivity index (χ0n) is 14.4. The topological polar surface area (TPSA) is 120 Å². The highest BCUT2D eigenvalue weighted by molar-refractivity contribution is 5.93.